The highest BCUT2D eigenvalue weighted by atomic mass is 32.2. The van der Waals surface area contributed by atoms with Gasteiger partial charge in [0.15, 0.2) is 5.16 Å². The molecular weight excluding hydrogens is 256 g/mol. The Bertz CT molecular complexity index is 490. The van der Waals surface area contributed by atoms with Crippen molar-refractivity contribution < 1.29 is 0 Å². The van der Waals surface area contributed by atoms with Crippen molar-refractivity contribution in [1.82, 2.24) is 25.1 Å². The van der Waals surface area contributed by atoms with E-state index < -0.39 is 0 Å². The topological polar surface area (TPSA) is 79.4 Å². The van der Waals surface area contributed by atoms with E-state index in [2.05, 4.69) is 30.5 Å². The number of anilines is 1. The Morgan fingerprint density at radius 3 is 2.65 bits per heavy atom. The van der Waals surface area contributed by atoms with E-state index in [1.165, 1.54) is 23.5 Å². The van der Waals surface area contributed by atoms with E-state index in [4.69, 9.17) is 0 Å². The first-order valence-corrected chi connectivity index (χ1v) is 6.93. The molecule has 0 amide bonds. The minimum absolute atomic E-state index is 0.662. The largest absolute Gasteiger partial charge is 0.373 e. The van der Waals surface area contributed by atoms with Gasteiger partial charge in [-0.05, 0) is 24.9 Å². The van der Waals surface area contributed by atoms with Crippen molar-refractivity contribution in [3.63, 3.8) is 0 Å². The maximum absolute atomic E-state index is 4.39. The number of rotatable bonds is 4. The minimum Gasteiger partial charge on any atom is -0.373 e. The van der Waals surface area contributed by atoms with E-state index in [1.807, 2.05) is 26.3 Å². The summed E-state index contributed by atoms with van der Waals surface area (Å²) in [6.07, 6.45) is 1.94. The molecule has 8 heteroatoms. The van der Waals surface area contributed by atoms with Crippen molar-refractivity contribution in [2.75, 3.05) is 18.6 Å². The third kappa shape index (κ3) is 3.10. The van der Waals surface area contributed by atoms with Crippen LogP contribution in [0.1, 0.15) is 5.82 Å². The van der Waals surface area contributed by atoms with E-state index >= 15 is 0 Å². The molecule has 2 aromatic heterocycles. The van der Waals surface area contributed by atoms with E-state index in [1.54, 1.807) is 0 Å². The second-order valence-corrected chi connectivity index (χ2v) is 4.89. The zero-order valence-corrected chi connectivity index (χ0v) is 11.3. The minimum atomic E-state index is 0.662. The van der Waals surface area contributed by atoms with Gasteiger partial charge in [0.1, 0.15) is 16.7 Å². The van der Waals surface area contributed by atoms with Crippen molar-refractivity contribution in [2.24, 2.45) is 0 Å². The molecule has 0 spiro atoms. The lowest BCUT2D eigenvalue weighted by Gasteiger charge is -2.03. The van der Waals surface area contributed by atoms with E-state index in [-0.39, 0.29) is 0 Å². The standard InChI is InChI=1S/C9H12N6S2/c1-5-11-9(15-14-5)17-7-4-6(10-2)12-8(13-7)16-3/h4H,1-3H3,(H,10,12,13)(H,11,14,15). The third-order valence-electron chi connectivity index (χ3n) is 1.89. The first-order valence-electron chi connectivity index (χ1n) is 4.89. The number of aromatic nitrogens is 5. The summed E-state index contributed by atoms with van der Waals surface area (Å²) in [5.74, 6) is 1.58. The molecule has 0 aliphatic rings. The number of hydrogen-bond donors (Lipinski definition) is 2. The molecule has 0 aliphatic carbocycles. The molecule has 0 radical (unpaired) electrons. The van der Waals surface area contributed by atoms with E-state index in [0.29, 0.717) is 5.16 Å². The highest BCUT2D eigenvalue weighted by molar-refractivity contribution is 7.99. The lowest BCUT2D eigenvalue weighted by Crippen LogP contribution is -1.96. The monoisotopic (exact) mass is 268 g/mol. The number of thioether (sulfide) groups is 1. The molecule has 2 heterocycles. The van der Waals surface area contributed by atoms with Gasteiger partial charge in [-0.3, -0.25) is 5.10 Å². The molecule has 6 nitrogen and oxygen atoms in total. The van der Waals surface area contributed by atoms with Crippen LogP contribution >= 0.6 is 23.5 Å². The predicted octanol–water partition coefficient (Wildman–Crippen LogP) is 1.82. The van der Waals surface area contributed by atoms with Gasteiger partial charge in [-0.1, -0.05) is 11.8 Å². The Hall–Kier alpha value is -1.28. The molecule has 0 fully saturated rings. The van der Waals surface area contributed by atoms with Gasteiger partial charge in [-0.25, -0.2) is 15.0 Å². The summed E-state index contributed by atoms with van der Waals surface area (Å²) >= 11 is 2.91. The first kappa shape index (κ1) is 12.2. The molecule has 0 saturated heterocycles. The third-order valence-corrected chi connectivity index (χ3v) is 3.22. The maximum atomic E-state index is 4.39. The number of aromatic amines is 1. The Kier molecular flexibility index (Phi) is 3.85. The molecule has 0 aliphatic heterocycles. The molecular formula is C9H12N6S2. The van der Waals surface area contributed by atoms with Crippen LogP contribution in [0.3, 0.4) is 0 Å². The number of aryl methyl sites for hydroxylation is 1. The zero-order valence-electron chi connectivity index (χ0n) is 9.68. The second kappa shape index (κ2) is 5.37. The fourth-order valence-electron chi connectivity index (χ4n) is 1.14. The van der Waals surface area contributed by atoms with E-state index in [0.717, 1.165) is 21.8 Å². The van der Waals surface area contributed by atoms with Gasteiger partial charge >= 0.3 is 0 Å². The SMILES string of the molecule is CNc1cc(Sc2n[nH]c(C)n2)nc(SC)n1. The van der Waals surface area contributed by atoms with Crippen LogP contribution in [0.5, 0.6) is 0 Å². The van der Waals surface area contributed by atoms with Gasteiger partial charge in [0.25, 0.3) is 0 Å². The van der Waals surface area contributed by atoms with Gasteiger partial charge < -0.3 is 5.32 Å². The van der Waals surface area contributed by atoms with Crippen molar-refractivity contribution >= 4 is 29.3 Å². The van der Waals surface area contributed by atoms with Crippen LogP contribution in [0.15, 0.2) is 21.4 Å². The lowest BCUT2D eigenvalue weighted by molar-refractivity contribution is 0.889. The Balaban J connectivity index is 2.25. The quantitative estimate of drug-likeness (QED) is 0.497. The van der Waals surface area contributed by atoms with Gasteiger partial charge in [0, 0.05) is 13.1 Å². The highest BCUT2D eigenvalue weighted by Crippen LogP contribution is 2.26. The Morgan fingerprint density at radius 2 is 2.06 bits per heavy atom. The molecule has 2 aromatic rings. The molecule has 2 N–H and O–H groups in total. The molecule has 0 bridgehead atoms. The summed E-state index contributed by atoms with van der Waals surface area (Å²) in [4.78, 5) is 12.9. The van der Waals surface area contributed by atoms with Crippen molar-refractivity contribution in [2.45, 2.75) is 22.3 Å². The highest BCUT2D eigenvalue weighted by Gasteiger charge is 2.07. The zero-order chi connectivity index (χ0) is 12.3. The summed E-state index contributed by atoms with van der Waals surface area (Å²) in [6, 6.07) is 1.87. The van der Waals surface area contributed by atoms with Gasteiger partial charge in [0.2, 0.25) is 5.16 Å². The smallest absolute Gasteiger partial charge is 0.214 e. The van der Waals surface area contributed by atoms with Gasteiger partial charge in [0.05, 0.1) is 0 Å². The fourth-order valence-corrected chi connectivity index (χ4v) is 2.34. The van der Waals surface area contributed by atoms with Crippen LogP contribution in [-0.4, -0.2) is 38.5 Å². The second-order valence-electron chi connectivity index (χ2n) is 3.13. The van der Waals surface area contributed by atoms with Crippen LogP contribution in [0.2, 0.25) is 0 Å². The van der Waals surface area contributed by atoms with Crippen molar-refractivity contribution in [1.29, 1.82) is 0 Å². The normalized spacial score (nSPS) is 10.5. The molecule has 0 saturated carbocycles. The maximum Gasteiger partial charge on any atom is 0.214 e. The van der Waals surface area contributed by atoms with Crippen LogP contribution in [0, 0.1) is 6.92 Å². The summed E-state index contributed by atoms with van der Waals surface area (Å²) in [7, 11) is 1.83. The molecule has 0 unspecified atom stereocenters. The van der Waals surface area contributed by atoms with Crippen LogP contribution in [0.4, 0.5) is 5.82 Å². The number of hydrogen-bond acceptors (Lipinski definition) is 7. The number of nitrogens with zero attached hydrogens (tertiary/aromatic N) is 4. The molecule has 2 rings (SSSR count). The molecule has 0 atom stereocenters. The molecule has 0 aromatic carbocycles. The van der Waals surface area contributed by atoms with Gasteiger partial charge in [-0.15, -0.1) is 5.10 Å². The summed E-state index contributed by atoms with van der Waals surface area (Å²) in [5.41, 5.74) is 0. The van der Waals surface area contributed by atoms with Crippen LogP contribution in [0.25, 0.3) is 0 Å². The Labute approximate surface area is 107 Å². The summed E-state index contributed by atoms with van der Waals surface area (Å²) in [6.45, 7) is 1.86. The molecule has 90 valence electrons. The average Bonchev–Trinajstić information content (AvgIpc) is 2.74. The van der Waals surface area contributed by atoms with Crippen molar-refractivity contribution in [3.8, 4) is 0 Å². The van der Waals surface area contributed by atoms with Crippen molar-refractivity contribution in [3.05, 3.63) is 11.9 Å². The Morgan fingerprint density at radius 1 is 1.24 bits per heavy atom. The lowest BCUT2D eigenvalue weighted by atomic mass is 10.6. The number of H-pyrrole nitrogens is 1. The van der Waals surface area contributed by atoms with Crippen LogP contribution in [-0.2, 0) is 0 Å². The first-order chi connectivity index (χ1) is 8.21. The fraction of sp³-hybridized carbons (Fsp3) is 0.333. The number of nitrogens with one attached hydrogen (secondary N) is 2. The average molecular weight is 268 g/mol. The van der Waals surface area contributed by atoms with Crippen LogP contribution < -0.4 is 5.32 Å². The molecule has 17 heavy (non-hydrogen) atoms. The summed E-state index contributed by atoms with van der Waals surface area (Å²) < 4.78 is 0. The summed E-state index contributed by atoms with van der Waals surface area (Å²) in [5, 5.41) is 12.1. The predicted molar refractivity (Wildman–Crippen MR) is 68.6 cm³/mol. The van der Waals surface area contributed by atoms with E-state index in [9.17, 15) is 0 Å². The van der Waals surface area contributed by atoms with Gasteiger partial charge in [-0.2, -0.15) is 0 Å².